The van der Waals surface area contributed by atoms with Crippen LogP contribution in [0.1, 0.15) is 24.5 Å². The number of nitriles is 1. The number of nitrogens with zero attached hydrogens (tertiary/aromatic N) is 1. The standard InChI is InChI=1S/C13H15NO2S/c1-10(6-13(15)16-2)17-9-12-5-3-4-11(7-12)8-14/h3-5,7,10H,6,9H2,1-2H3. The summed E-state index contributed by atoms with van der Waals surface area (Å²) in [5.41, 5.74) is 1.77. The summed E-state index contributed by atoms with van der Waals surface area (Å²) in [6.07, 6.45) is 0.416. The lowest BCUT2D eigenvalue weighted by atomic mass is 10.2. The topological polar surface area (TPSA) is 50.1 Å². The van der Waals surface area contributed by atoms with Gasteiger partial charge >= 0.3 is 5.97 Å². The predicted octanol–water partition coefficient (Wildman–Crippen LogP) is 2.74. The number of rotatable bonds is 5. The number of carbonyl (C=O) groups is 1. The molecule has 0 fully saturated rings. The Morgan fingerprint density at radius 3 is 3.00 bits per heavy atom. The van der Waals surface area contributed by atoms with Crippen molar-refractivity contribution in [2.75, 3.05) is 7.11 Å². The molecule has 0 bridgehead atoms. The molecule has 0 aliphatic heterocycles. The summed E-state index contributed by atoms with van der Waals surface area (Å²) in [4.78, 5) is 11.1. The first kappa shape index (κ1) is 13.6. The molecule has 0 saturated carbocycles. The fourth-order valence-corrected chi connectivity index (χ4v) is 2.26. The zero-order chi connectivity index (χ0) is 12.7. The average molecular weight is 249 g/mol. The number of benzene rings is 1. The number of hydrogen-bond acceptors (Lipinski definition) is 4. The van der Waals surface area contributed by atoms with Crippen molar-refractivity contribution >= 4 is 17.7 Å². The van der Waals surface area contributed by atoms with Crippen molar-refractivity contribution in [3.8, 4) is 6.07 Å². The fourth-order valence-electron chi connectivity index (χ4n) is 1.35. The third-order valence-electron chi connectivity index (χ3n) is 2.27. The molecule has 0 aliphatic carbocycles. The summed E-state index contributed by atoms with van der Waals surface area (Å²) >= 11 is 1.68. The molecular formula is C13H15NO2S. The maximum atomic E-state index is 11.1. The molecule has 0 amide bonds. The van der Waals surface area contributed by atoms with E-state index in [0.717, 1.165) is 11.3 Å². The first-order valence-electron chi connectivity index (χ1n) is 5.33. The molecule has 0 spiro atoms. The highest BCUT2D eigenvalue weighted by molar-refractivity contribution is 7.99. The summed E-state index contributed by atoms with van der Waals surface area (Å²) in [7, 11) is 1.40. The van der Waals surface area contributed by atoms with Crippen molar-refractivity contribution in [1.29, 1.82) is 5.26 Å². The maximum Gasteiger partial charge on any atom is 0.306 e. The fraction of sp³-hybridized carbons (Fsp3) is 0.385. The van der Waals surface area contributed by atoms with Crippen LogP contribution >= 0.6 is 11.8 Å². The van der Waals surface area contributed by atoms with E-state index in [-0.39, 0.29) is 11.2 Å². The van der Waals surface area contributed by atoms with Crippen LogP contribution < -0.4 is 0 Å². The van der Waals surface area contributed by atoms with Crippen LogP contribution in [0.15, 0.2) is 24.3 Å². The highest BCUT2D eigenvalue weighted by Gasteiger charge is 2.09. The van der Waals surface area contributed by atoms with E-state index in [4.69, 9.17) is 5.26 Å². The maximum absolute atomic E-state index is 11.1. The molecule has 0 radical (unpaired) electrons. The van der Waals surface area contributed by atoms with Crippen LogP contribution in [-0.2, 0) is 15.3 Å². The molecule has 1 aromatic carbocycles. The van der Waals surface area contributed by atoms with E-state index < -0.39 is 0 Å². The Morgan fingerprint density at radius 1 is 1.59 bits per heavy atom. The van der Waals surface area contributed by atoms with Crippen LogP contribution in [0.4, 0.5) is 0 Å². The quantitative estimate of drug-likeness (QED) is 0.753. The van der Waals surface area contributed by atoms with E-state index >= 15 is 0 Å². The van der Waals surface area contributed by atoms with Gasteiger partial charge in [0, 0.05) is 11.0 Å². The van der Waals surface area contributed by atoms with E-state index in [1.54, 1.807) is 17.8 Å². The molecule has 0 heterocycles. The summed E-state index contributed by atoms with van der Waals surface area (Å²) in [6.45, 7) is 2.00. The van der Waals surface area contributed by atoms with Crippen molar-refractivity contribution in [3.63, 3.8) is 0 Å². The third kappa shape index (κ3) is 4.92. The van der Waals surface area contributed by atoms with Crippen LogP contribution in [0.3, 0.4) is 0 Å². The normalized spacial score (nSPS) is 11.6. The first-order chi connectivity index (χ1) is 8.15. The minimum Gasteiger partial charge on any atom is -0.469 e. The lowest BCUT2D eigenvalue weighted by Gasteiger charge is -2.09. The van der Waals surface area contributed by atoms with Crippen molar-refractivity contribution in [3.05, 3.63) is 35.4 Å². The van der Waals surface area contributed by atoms with Crippen LogP contribution in [0.2, 0.25) is 0 Å². The minimum atomic E-state index is -0.184. The monoisotopic (exact) mass is 249 g/mol. The largest absolute Gasteiger partial charge is 0.469 e. The molecule has 17 heavy (non-hydrogen) atoms. The summed E-state index contributed by atoms with van der Waals surface area (Å²) in [6, 6.07) is 9.63. The first-order valence-corrected chi connectivity index (χ1v) is 6.38. The molecule has 0 aromatic heterocycles. The molecule has 90 valence electrons. The molecule has 1 rings (SSSR count). The zero-order valence-corrected chi connectivity index (χ0v) is 10.8. The Hall–Kier alpha value is -1.47. The lowest BCUT2D eigenvalue weighted by Crippen LogP contribution is -2.08. The number of thioether (sulfide) groups is 1. The third-order valence-corrected chi connectivity index (χ3v) is 3.51. The molecule has 0 saturated heterocycles. The van der Waals surface area contributed by atoms with Crippen LogP contribution in [0.25, 0.3) is 0 Å². The molecule has 0 N–H and O–H groups in total. The number of ether oxygens (including phenoxy) is 1. The van der Waals surface area contributed by atoms with Gasteiger partial charge in [-0.2, -0.15) is 17.0 Å². The van der Waals surface area contributed by atoms with E-state index in [1.165, 1.54) is 7.11 Å². The van der Waals surface area contributed by atoms with Crippen molar-refractivity contribution < 1.29 is 9.53 Å². The average Bonchev–Trinajstić information content (AvgIpc) is 2.36. The second-order valence-electron chi connectivity index (χ2n) is 3.71. The smallest absolute Gasteiger partial charge is 0.306 e. The van der Waals surface area contributed by atoms with Crippen molar-refractivity contribution in [2.24, 2.45) is 0 Å². The Bertz CT molecular complexity index is 426. The van der Waals surface area contributed by atoms with Gasteiger partial charge in [0.2, 0.25) is 0 Å². The van der Waals surface area contributed by atoms with Crippen molar-refractivity contribution in [1.82, 2.24) is 0 Å². The lowest BCUT2D eigenvalue weighted by molar-refractivity contribution is -0.140. The van der Waals surface area contributed by atoms with E-state index in [9.17, 15) is 4.79 Å². The van der Waals surface area contributed by atoms with Crippen LogP contribution in [0.5, 0.6) is 0 Å². The zero-order valence-electron chi connectivity index (χ0n) is 9.97. The molecule has 1 unspecified atom stereocenters. The minimum absolute atomic E-state index is 0.184. The van der Waals surface area contributed by atoms with Gasteiger partial charge in [-0.3, -0.25) is 4.79 Å². The number of methoxy groups -OCH3 is 1. The molecule has 1 aromatic rings. The van der Waals surface area contributed by atoms with Gasteiger partial charge in [0.15, 0.2) is 0 Å². The number of carbonyl (C=O) groups excluding carboxylic acids is 1. The Labute approximate surface area is 106 Å². The predicted molar refractivity (Wildman–Crippen MR) is 68.5 cm³/mol. The number of esters is 1. The van der Waals surface area contributed by atoms with E-state index in [2.05, 4.69) is 10.8 Å². The van der Waals surface area contributed by atoms with Gasteiger partial charge in [-0.1, -0.05) is 19.1 Å². The summed E-state index contributed by atoms with van der Waals surface area (Å²) < 4.78 is 4.61. The SMILES string of the molecule is COC(=O)CC(C)SCc1cccc(C#N)c1. The van der Waals surface area contributed by atoms with Gasteiger partial charge in [0.25, 0.3) is 0 Å². The molecule has 3 nitrogen and oxygen atoms in total. The Kier molecular flexibility index (Phi) is 5.58. The van der Waals surface area contributed by atoms with Crippen LogP contribution in [0, 0.1) is 11.3 Å². The molecule has 0 aliphatic rings. The van der Waals surface area contributed by atoms with E-state index in [0.29, 0.717) is 12.0 Å². The van der Waals surface area contributed by atoms with E-state index in [1.807, 2.05) is 25.1 Å². The van der Waals surface area contributed by atoms with Crippen molar-refractivity contribution in [2.45, 2.75) is 24.3 Å². The van der Waals surface area contributed by atoms with Gasteiger partial charge in [0.1, 0.15) is 0 Å². The summed E-state index contributed by atoms with van der Waals surface area (Å²) in [5.74, 6) is 0.615. The molecule has 1 atom stereocenters. The van der Waals surface area contributed by atoms with Gasteiger partial charge < -0.3 is 4.74 Å². The number of hydrogen-bond donors (Lipinski definition) is 0. The van der Waals surface area contributed by atoms with Gasteiger partial charge in [0.05, 0.1) is 25.2 Å². The van der Waals surface area contributed by atoms with Crippen LogP contribution in [-0.4, -0.2) is 18.3 Å². The summed E-state index contributed by atoms with van der Waals surface area (Å²) in [5, 5.41) is 8.99. The molecular weight excluding hydrogens is 234 g/mol. The molecule has 4 heteroatoms. The highest BCUT2D eigenvalue weighted by atomic mass is 32.2. The van der Waals surface area contributed by atoms with Gasteiger partial charge in [-0.25, -0.2) is 0 Å². The Balaban J connectivity index is 2.44. The van der Waals surface area contributed by atoms with Gasteiger partial charge in [-0.05, 0) is 17.7 Å². The second kappa shape index (κ2) is 6.97. The van der Waals surface area contributed by atoms with Gasteiger partial charge in [-0.15, -0.1) is 0 Å². The highest BCUT2D eigenvalue weighted by Crippen LogP contribution is 2.20. The Morgan fingerprint density at radius 2 is 2.35 bits per heavy atom. The second-order valence-corrected chi connectivity index (χ2v) is 5.14.